The maximum Gasteiger partial charge on any atom is 0.306 e. The summed E-state index contributed by atoms with van der Waals surface area (Å²) in [5, 5.41) is 39.9. The highest BCUT2D eigenvalue weighted by Gasteiger charge is 2.44. The van der Waals surface area contributed by atoms with Gasteiger partial charge in [0.25, 0.3) is 0 Å². The summed E-state index contributed by atoms with van der Waals surface area (Å²) >= 11 is 0. The zero-order chi connectivity index (χ0) is 36.7. The van der Waals surface area contributed by atoms with Gasteiger partial charge in [-0.2, -0.15) is 0 Å². The first kappa shape index (κ1) is 46.5. The third kappa shape index (κ3) is 23.8. The van der Waals surface area contributed by atoms with Gasteiger partial charge in [0.1, 0.15) is 31.0 Å². The maximum absolute atomic E-state index is 12.7. The van der Waals surface area contributed by atoms with Crippen LogP contribution in [-0.2, 0) is 28.5 Å². The highest BCUT2D eigenvalue weighted by atomic mass is 16.7. The third-order valence-corrected chi connectivity index (χ3v) is 9.40. The minimum absolute atomic E-state index is 0.216. The fourth-order valence-electron chi connectivity index (χ4n) is 6.12. The van der Waals surface area contributed by atoms with E-state index in [-0.39, 0.29) is 32.0 Å². The predicted molar refractivity (Wildman–Crippen MR) is 196 cm³/mol. The molecule has 1 aliphatic heterocycles. The zero-order valence-electron chi connectivity index (χ0n) is 31.7. The third-order valence-electron chi connectivity index (χ3n) is 9.40. The lowest BCUT2D eigenvalue weighted by Gasteiger charge is -2.39. The molecule has 4 N–H and O–H groups in total. The van der Waals surface area contributed by atoms with Crippen molar-refractivity contribution in [2.24, 2.45) is 0 Å². The summed E-state index contributed by atoms with van der Waals surface area (Å²) in [7, 11) is 0. The molecule has 0 saturated carbocycles. The van der Waals surface area contributed by atoms with E-state index in [1.54, 1.807) is 0 Å². The first-order valence-corrected chi connectivity index (χ1v) is 20.3. The van der Waals surface area contributed by atoms with Gasteiger partial charge in [0.15, 0.2) is 12.4 Å². The van der Waals surface area contributed by atoms with Crippen LogP contribution in [0.5, 0.6) is 0 Å². The Morgan fingerprint density at radius 1 is 0.600 bits per heavy atom. The van der Waals surface area contributed by atoms with Crippen LogP contribution in [0.15, 0.2) is 12.2 Å². The van der Waals surface area contributed by atoms with Gasteiger partial charge in [0.2, 0.25) is 0 Å². The molecule has 10 nitrogen and oxygen atoms in total. The maximum atomic E-state index is 12.7. The van der Waals surface area contributed by atoms with Crippen LogP contribution < -0.4 is 0 Å². The monoisotopic (exact) mass is 715 g/mol. The van der Waals surface area contributed by atoms with E-state index in [1.165, 1.54) is 83.5 Å². The summed E-state index contributed by atoms with van der Waals surface area (Å²) in [5.41, 5.74) is 0. The fourth-order valence-corrected chi connectivity index (χ4v) is 6.12. The molecule has 2 unspecified atom stereocenters. The average molecular weight is 715 g/mol. The summed E-state index contributed by atoms with van der Waals surface area (Å²) in [6.45, 7) is 3.39. The molecule has 10 heteroatoms. The van der Waals surface area contributed by atoms with Crippen molar-refractivity contribution in [1.29, 1.82) is 0 Å². The molecule has 1 aliphatic rings. The normalized spacial score (nSPS) is 21.4. The van der Waals surface area contributed by atoms with Gasteiger partial charge in [0, 0.05) is 12.8 Å². The number of ether oxygens (including phenoxy) is 4. The van der Waals surface area contributed by atoms with Crippen LogP contribution in [0.4, 0.5) is 0 Å². The largest absolute Gasteiger partial charge is 0.462 e. The molecule has 1 rings (SSSR count). The Morgan fingerprint density at radius 2 is 1.06 bits per heavy atom. The molecule has 0 bridgehead atoms. The van der Waals surface area contributed by atoms with Crippen molar-refractivity contribution in [1.82, 2.24) is 0 Å². The van der Waals surface area contributed by atoms with Crippen LogP contribution in [0.3, 0.4) is 0 Å². The van der Waals surface area contributed by atoms with Crippen molar-refractivity contribution in [2.45, 2.75) is 211 Å². The van der Waals surface area contributed by atoms with Gasteiger partial charge < -0.3 is 39.4 Å². The Morgan fingerprint density at radius 3 is 1.58 bits per heavy atom. The Kier molecular flexibility index (Phi) is 29.8. The molecular weight excluding hydrogens is 640 g/mol. The summed E-state index contributed by atoms with van der Waals surface area (Å²) in [6.07, 6.45) is 23.6. The highest BCUT2D eigenvalue weighted by Crippen LogP contribution is 2.22. The number of allylic oxidation sites excluding steroid dienone is 2. The molecule has 0 spiro atoms. The van der Waals surface area contributed by atoms with Crippen molar-refractivity contribution in [2.75, 3.05) is 19.8 Å². The van der Waals surface area contributed by atoms with Crippen LogP contribution >= 0.6 is 0 Å². The number of rotatable bonds is 33. The number of hydrogen-bond donors (Lipinski definition) is 4. The smallest absolute Gasteiger partial charge is 0.306 e. The Balaban J connectivity index is 2.38. The number of unbranched alkanes of at least 4 members (excludes halogenated alkanes) is 20. The Bertz CT molecular complexity index is 835. The van der Waals surface area contributed by atoms with Crippen LogP contribution in [-0.4, -0.2) is 89.0 Å². The van der Waals surface area contributed by atoms with Crippen LogP contribution in [0, 0.1) is 0 Å². The second-order valence-electron chi connectivity index (χ2n) is 14.1. The molecule has 0 aromatic rings. The van der Waals surface area contributed by atoms with Gasteiger partial charge in [-0.1, -0.05) is 135 Å². The standard InChI is InChI=1S/C40H74O10/c1-3-5-7-9-11-13-15-17-19-21-23-25-27-29-36(43)49-33(32-48-40-39(46)38(45)37(44)34(30-41)50-40)31-47-35(42)28-26-24-22-20-18-16-14-12-10-8-6-4-2/h13,15,33-34,37-41,44-46H,3-12,14,16-32H2,1-2H3/b15-13+/t33-,34-,37+,38?,39?,40-/m0/s1. The van der Waals surface area contributed by atoms with Crippen molar-refractivity contribution in [3.8, 4) is 0 Å². The summed E-state index contributed by atoms with van der Waals surface area (Å²) < 4.78 is 22.1. The second kappa shape index (κ2) is 32.1. The summed E-state index contributed by atoms with van der Waals surface area (Å²) in [5.74, 6) is -0.812. The Labute approximate surface area is 303 Å². The van der Waals surface area contributed by atoms with E-state index >= 15 is 0 Å². The average Bonchev–Trinajstić information content (AvgIpc) is 3.11. The first-order valence-electron chi connectivity index (χ1n) is 20.3. The van der Waals surface area contributed by atoms with Crippen molar-refractivity contribution >= 4 is 11.9 Å². The van der Waals surface area contributed by atoms with E-state index < -0.39 is 49.4 Å². The van der Waals surface area contributed by atoms with Gasteiger partial charge >= 0.3 is 11.9 Å². The summed E-state index contributed by atoms with van der Waals surface area (Å²) in [6, 6.07) is 0. The van der Waals surface area contributed by atoms with Crippen LogP contribution in [0.25, 0.3) is 0 Å². The molecule has 294 valence electrons. The van der Waals surface area contributed by atoms with Gasteiger partial charge in [-0.05, 0) is 38.5 Å². The number of carbonyl (C=O) groups excluding carboxylic acids is 2. The van der Waals surface area contributed by atoms with E-state index in [0.29, 0.717) is 6.42 Å². The van der Waals surface area contributed by atoms with Gasteiger partial charge in [-0.25, -0.2) is 0 Å². The SMILES string of the molecule is CCCCCC/C=C/CCCCCCCC(=O)O[C@@H](COC(=O)CCCCCCCCCCCCCC)CO[C@H]1O[C@@H](CO)[C@@H](O)C(O)C1O. The van der Waals surface area contributed by atoms with Crippen LogP contribution in [0.2, 0.25) is 0 Å². The summed E-state index contributed by atoms with van der Waals surface area (Å²) in [4.78, 5) is 25.2. The zero-order valence-corrected chi connectivity index (χ0v) is 31.7. The molecule has 1 fully saturated rings. The lowest BCUT2D eigenvalue weighted by Crippen LogP contribution is -2.59. The van der Waals surface area contributed by atoms with Crippen molar-refractivity contribution < 1.29 is 49.0 Å². The Hall–Kier alpha value is -1.56. The van der Waals surface area contributed by atoms with Crippen molar-refractivity contribution in [3.63, 3.8) is 0 Å². The number of hydrogen-bond acceptors (Lipinski definition) is 10. The first-order chi connectivity index (χ1) is 24.3. The molecule has 6 atom stereocenters. The lowest BCUT2D eigenvalue weighted by atomic mass is 9.99. The van der Waals surface area contributed by atoms with Crippen LogP contribution in [0.1, 0.15) is 174 Å². The number of carbonyl (C=O) groups is 2. The van der Waals surface area contributed by atoms with E-state index in [9.17, 15) is 30.0 Å². The predicted octanol–water partition coefficient (Wildman–Crippen LogP) is 7.61. The quantitative estimate of drug-likeness (QED) is 0.0304. The minimum atomic E-state index is -1.59. The highest BCUT2D eigenvalue weighted by molar-refractivity contribution is 5.70. The topological polar surface area (TPSA) is 152 Å². The molecule has 1 heterocycles. The molecule has 0 aromatic carbocycles. The number of esters is 2. The van der Waals surface area contributed by atoms with E-state index in [2.05, 4.69) is 26.0 Å². The number of aliphatic hydroxyl groups is 4. The van der Waals surface area contributed by atoms with Gasteiger partial charge in [0.05, 0.1) is 13.2 Å². The van der Waals surface area contributed by atoms with Gasteiger partial charge in [-0.3, -0.25) is 9.59 Å². The van der Waals surface area contributed by atoms with E-state index in [4.69, 9.17) is 18.9 Å². The molecule has 0 aliphatic carbocycles. The minimum Gasteiger partial charge on any atom is -0.462 e. The fraction of sp³-hybridized carbons (Fsp3) is 0.900. The molecule has 0 amide bonds. The van der Waals surface area contributed by atoms with Gasteiger partial charge in [-0.15, -0.1) is 0 Å². The van der Waals surface area contributed by atoms with Crippen molar-refractivity contribution in [3.05, 3.63) is 12.2 Å². The second-order valence-corrected chi connectivity index (χ2v) is 14.1. The molecule has 50 heavy (non-hydrogen) atoms. The molecular formula is C40H74O10. The number of aliphatic hydroxyl groups excluding tert-OH is 4. The molecule has 0 aromatic heterocycles. The molecule has 0 radical (unpaired) electrons. The lowest BCUT2D eigenvalue weighted by molar-refractivity contribution is -0.305. The van der Waals surface area contributed by atoms with E-state index in [1.807, 2.05) is 0 Å². The molecule has 1 saturated heterocycles. The van der Waals surface area contributed by atoms with E-state index in [0.717, 1.165) is 57.8 Å².